The molecule has 0 aromatic heterocycles. The molecule has 0 radical (unpaired) electrons. The van der Waals surface area contributed by atoms with Gasteiger partial charge in [-0.3, -0.25) is 0 Å². The molecule has 8 aromatic carbocycles. The summed E-state index contributed by atoms with van der Waals surface area (Å²) < 4.78 is 0. The molecule has 0 heterocycles. The molecule has 0 saturated carbocycles. The summed E-state index contributed by atoms with van der Waals surface area (Å²) in [6.45, 7) is 4.42. The SMILES string of the molecule is C=c1cc2c(cc1=CC=CN(c1c3ccccc3c(N(c3ccccc3)c3ccc4cc5ccccc5cc4c3)c3ccccc13)C1C=CC=CC1)CCC=C2. The van der Waals surface area contributed by atoms with Crippen molar-refractivity contribution in [2.24, 2.45) is 0 Å². The number of hydrogen-bond acceptors (Lipinski definition) is 2. The maximum atomic E-state index is 4.42. The standard InChI is InChI=1S/C54H42N2/c1-38-33-40-17-8-9-18-41(40)34-39(38)21-16-32-55(46-22-4-2-5-23-46)53-49-26-12-14-28-51(49)54(52-29-15-13-27-50(52)53)56(47-24-6-3-7-25-47)48-31-30-44-35-42-19-10-11-20-43(42)36-45(44)37-48/h2-8,10-17,19-22,24-37,46H,1,9,18,23H2. The second-order valence-electron chi connectivity index (χ2n) is 14.9. The lowest BCUT2D eigenvalue weighted by Crippen LogP contribution is -2.30. The minimum atomic E-state index is 0.149. The van der Waals surface area contributed by atoms with Crippen molar-refractivity contribution in [1.82, 2.24) is 0 Å². The predicted octanol–water partition coefficient (Wildman–Crippen LogP) is 12.8. The van der Waals surface area contributed by atoms with Gasteiger partial charge in [0.15, 0.2) is 0 Å². The molecule has 1 atom stereocenters. The van der Waals surface area contributed by atoms with Crippen LogP contribution in [0.5, 0.6) is 0 Å². The van der Waals surface area contributed by atoms with Gasteiger partial charge in [0.25, 0.3) is 0 Å². The Kier molecular flexibility index (Phi) is 8.65. The fraction of sp³-hybridized carbons (Fsp3) is 0.0741. The Hall–Kier alpha value is -6.90. The predicted molar refractivity (Wildman–Crippen MR) is 242 cm³/mol. The Morgan fingerprint density at radius 3 is 1.95 bits per heavy atom. The maximum absolute atomic E-state index is 4.42. The molecule has 1 unspecified atom stereocenters. The van der Waals surface area contributed by atoms with Crippen molar-refractivity contribution < 1.29 is 0 Å². The van der Waals surface area contributed by atoms with Crippen LogP contribution >= 0.6 is 0 Å². The lowest BCUT2D eigenvalue weighted by molar-refractivity contribution is 0.784. The second kappa shape index (κ2) is 14.4. The minimum Gasteiger partial charge on any atom is -0.340 e. The highest BCUT2D eigenvalue weighted by Gasteiger charge is 2.25. The van der Waals surface area contributed by atoms with Crippen molar-refractivity contribution in [3.63, 3.8) is 0 Å². The van der Waals surface area contributed by atoms with E-state index in [0.717, 1.165) is 35.9 Å². The highest BCUT2D eigenvalue weighted by molar-refractivity contribution is 6.22. The third-order valence-electron chi connectivity index (χ3n) is 11.4. The average Bonchev–Trinajstić information content (AvgIpc) is 3.25. The van der Waals surface area contributed by atoms with E-state index < -0.39 is 0 Å². The van der Waals surface area contributed by atoms with Gasteiger partial charge in [0.1, 0.15) is 0 Å². The van der Waals surface area contributed by atoms with Crippen LogP contribution in [-0.4, -0.2) is 6.04 Å². The summed E-state index contributed by atoms with van der Waals surface area (Å²) >= 11 is 0. The molecule has 0 aliphatic heterocycles. The van der Waals surface area contributed by atoms with Crippen LogP contribution in [0.1, 0.15) is 24.0 Å². The van der Waals surface area contributed by atoms with E-state index in [-0.39, 0.29) is 6.04 Å². The number of rotatable bonds is 7. The van der Waals surface area contributed by atoms with E-state index >= 15 is 0 Å². The minimum absolute atomic E-state index is 0.149. The molecule has 0 bridgehead atoms. The van der Waals surface area contributed by atoms with Gasteiger partial charge in [0.05, 0.1) is 17.4 Å². The van der Waals surface area contributed by atoms with Crippen molar-refractivity contribution >= 4 is 84.6 Å². The third kappa shape index (κ3) is 6.10. The van der Waals surface area contributed by atoms with Gasteiger partial charge in [-0.15, -0.1) is 0 Å². The topological polar surface area (TPSA) is 6.48 Å². The van der Waals surface area contributed by atoms with Gasteiger partial charge in [-0.25, -0.2) is 0 Å². The van der Waals surface area contributed by atoms with E-state index in [2.05, 4.69) is 217 Å². The molecule has 0 spiro atoms. The molecule has 2 nitrogen and oxygen atoms in total. The zero-order valence-corrected chi connectivity index (χ0v) is 31.4. The number of anilines is 4. The van der Waals surface area contributed by atoms with Crippen molar-refractivity contribution in [3.05, 3.63) is 210 Å². The Labute approximate surface area is 328 Å². The fourth-order valence-corrected chi connectivity index (χ4v) is 8.72. The van der Waals surface area contributed by atoms with E-state index in [9.17, 15) is 0 Å². The van der Waals surface area contributed by atoms with Gasteiger partial charge in [-0.2, -0.15) is 0 Å². The molecule has 0 N–H and O–H groups in total. The molecular weight excluding hydrogens is 677 g/mol. The largest absolute Gasteiger partial charge is 0.340 e. The molecule has 2 aliphatic rings. The summed E-state index contributed by atoms with van der Waals surface area (Å²) in [4.78, 5) is 4.95. The van der Waals surface area contributed by atoms with E-state index in [1.807, 2.05) is 0 Å². The summed E-state index contributed by atoms with van der Waals surface area (Å²) in [5.74, 6) is 0. The number of aryl methyl sites for hydroxylation is 1. The normalized spacial score (nSPS) is 15.4. The Balaban J connectivity index is 1.20. The summed E-state index contributed by atoms with van der Waals surface area (Å²) in [5.41, 5.74) is 7.31. The molecule has 0 saturated heterocycles. The van der Waals surface area contributed by atoms with Crippen LogP contribution in [-0.2, 0) is 6.42 Å². The maximum Gasteiger partial charge on any atom is 0.0619 e. The Morgan fingerprint density at radius 2 is 1.23 bits per heavy atom. The molecule has 8 aromatic rings. The van der Waals surface area contributed by atoms with Crippen molar-refractivity contribution in [2.75, 3.05) is 9.80 Å². The molecule has 0 amide bonds. The number of para-hydroxylation sites is 1. The first-order chi connectivity index (χ1) is 27.7. The van der Waals surface area contributed by atoms with Crippen molar-refractivity contribution in [2.45, 2.75) is 25.3 Å². The van der Waals surface area contributed by atoms with Gasteiger partial charge < -0.3 is 9.80 Å². The highest BCUT2D eigenvalue weighted by atomic mass is 15.2. The summed E-state index contributed by atoms with van der Waals surface area (Å²) in [6, 6.07) is 53.6. The number of allylic oxidation sites excluding steroid dienone is 4. The highest BCUT2D eigenvalue weighted by Crippen LogP contribution is 2.49. The lowest BCUT2D eigenvalue weighted by Gasteiger charge is -2.34. The van der Waals surface area contributed by atoms with Crippen molar-refractivity contribution in [1.29, 1.82) is 0 Å². The first-order valence-corrected chi connectivity index (χ1v) is 19.7. The van der Waals surface area contributed by atoms with E-state index in [1.165, 1.54) is 70.8 Å². The molecular formula is C54H42N2. The van der Waals surface area contributed by atoms with Gasteiger partial charge in [0, 0.05) is 39.1 Å². The molecule has 56 heavy (non-hydrogen) atoms. The van der Waals surface area contributed by atoms with Crippen LogP contribution < -0.4 is 20.2 Å². The number of hydrogen-bond donors (Lipinski definition) is 0. The lowest BCUT2D eigenvalue weighted by atomic mass is 9.94. The third-order valence-corrected chi connectivity index (χ3v) is 11.4. The van der Waals surface area contributed by atoms with Crippen LogP contribution in [0.3, 0.4) is 0 Å². The molecule has 2 heteroatoms. The van der Waals surface area contributed by atoms with Crippen LogP contribution in [0.15, 0.2) is 188 Å². The second-order valence-corrected chi connectivity index (χ2v) is 14.9. The zero-order chi connectivity index (χ0) is 37.4. The summed E-state index contributed by atoms with van der Waals surface area (Å²) in [6.07, 6.45) is 23.2. The van der Waals surface area contributed by atoms with Gasteiger partial charge in [0.2, 0.25) is 0 Å². The summed E-state index contributed by atoms with van der Waals surface area (Å²) in [7, 11) is 0. The Bertz CT molecular complexity index is 2980. The summed E-state index contributed by atoms with van der Waals surface area (Å²) in [5, 5.41) is 12.0. The number of fused-ring (bicyclic) bond motifs is 5. The zero-order valence-electron chi connectivity index (χ0n) is 31.4. The van der Waals surface area contributed by atoms with E-state index in [1.54, 1.807) is 0 Å². The fourth-order valence-electron chi connectivity index (χ4n) is 8.72. The first-order valence-electron chi connectivity index (χ1n) is 19.7. The molecule has 0 fully saturated rings. The van der Waals surface area contributed by atoms with E-state index in [0.29, 0.717) is 0 Å². The first kappa shape index (κ1) is 33.7. The smallest absolute Gasteiger partial charge is 0.0619 e. The molecule has 268 valence electrons. The Morgan fingerprint density at radius 1 is 0.571 bits per heavy atom. The van der Waals surface area contributed by atoms with E-state index in [4.69, 9.17) is 0 Å². The average molecular weight is 719 g/mol. The number of benzene rings is 8. The van der Waals surface area contributed by atoms with Gasteiger partial charge >= 0.3 is 0 Å². The number of nitrogens with zero attached hydrogens (tertiary/aromatic N) is 2. The quantitative estimate of drug-likeness (QED) is 0.120. The van der Waals surface area contributed by atoms with Crippen LogP contribution in [0.4, 0.5) is 22.7 Å². The van der Waals surface area contributed by atoms with Gasteiger partial charge in [-0.05, 0) is 111 Å². The molecule has 2 aliphatic carbocycles. The van der Waals surface area contributed by atoms with Crippen LogP contribution in [0, 0.1) is 0 Å². The van der Waals surface area contributed by atoms with Gasteiger partial charge in [-0.1, -0.05) is 152 Å². The van der Waals surface area contributed by atoms with Crippen molar-refractivity contribution in [3.8, 4) is 0 Å². The van der Waals surface area contributed by atoms with Crippen LogP contribution in [0.25, 0.3) is 61.8 Å². The molecule has 10 rings (SSSR count). The van der Waals surface area contributed by atoms with Crippen LogP contribution in [0.2, 0.25) is 0 Å². The monoisotopic (exact) mass is 718 g/mol.